The summed E-state index contributed by atoms with van der Waals surface area (Å²) in [7, 11) is -1.16. The minimum absolute atomic E-state index is 0.0405. The summed E-state index contributed by atoms with van der Waals surface area (Å²) >= 11 is 0. The fourth-order valence-electron chi connectivity index (χ4n) is 9.28. The maximum atomic E-state index is 12.5. The Morgan fingerprint density at radius 2 is 1.76 bits per heavy atom. The van der Waals surface area contributed by atoms with E-state index in [0.29, 0.717) is 52.3 Å². The molecular formula is C33H52O8Si. The second-order valence-corrected chi connectivity index (χ2v) is 20.8. The number of hydrogen-bond acceptors (Lipinski definition) is 8. The van der Waals surface area contributed by atoms with Gasteiger partial charge < -0.3 is 38.3 Å². The lowest BCUT2D eigenvalue weighted by Crippen LogP contribution is -2.72. The van der Waals surface area contributed by atoms with Crippen molar-refractivity contribution in [2.75, 3.05) is 39.8 Å². The molecule has 9 atom stereocenters. The Bertz CT molecular complexity index is 1080. The van der Waals surface area contributed by atoms with Gasteiger partial charge in [-0.2, -0.15) is 0 Å². The molecule has 8 nitrogen and oxygen atoms in total. The van der Waals surface area contributed by atoms with Crippen LogP contribution in [-0.4, -0.2) is 82.4 Å². The van der Waals surface area contributed by atoms with Gasteiger partial charge in [0.15, 0.2) is 12.1 Å². The van der Waals surface area contributed by atoms with Crippen LogP contribution in [-0.2, 0) is 39.8 Å². The van der Waals surface area contributed by atoms with Crippen LogP contribution >= 0.6 is 0 Å². The van der Waals surface area contributed by atoms with Gasteiger partial charge in [0.1, 0.15) is 12.4 Å². The van der Waals surface area contributed by atoms with Crippen molar-refractivity contribution < 1.29 is 38.3 Å². The fraction of sp³-hybridized carbons (Fsp3) is 0.818. The predicted octanol–water partition coefficient (Wildman–Crippen LogP) is 5.21. The lowest BCUT2D eigenvalue weighted by Gasteiger charge is -2.62. The molecule has 2 spiro atoms. The first-order chi connectivity index (χ1) is 19.9. The monoisotopic (exact) mass is 604 g/mol. The van der Waals surface area contributed by atoms with E-state index in [1.807, 2.05) is 39.0 Å². The maximum absolute atomic E-state index is 12.5. The Morgan fingerprint density at radius 1 is 1.00 bits per heavy atom. The van der Waals surface area contributed by atoms with E-state index in [1.54, 1.807) is 0 Å². The Balaban J connectivity index is 1.27. The summed E-state index contributed by atoms with van der Waals surface area (Å²) in [5, 5.41) is 12.5. The van der Waals surface area contributed by atoms with Gasteiger partial charge in [-0.25, -0.2) is 0 Å². The second kappa shape index (κ2) is 11.5. The van der Waals surface area contributed by atoms with Crippen LogP contribution in [0.2, 0.25) is 25.7 Å². The van der Waals surface area contributed by atoms with Gasteiger partial charge in [0, 0.05) is 39.0 Å². The summed E-state index contributed by atoms with van der Waals surface area (Å²) < 4.78 is 44.7. The maximum Gasteiger partial charge on any atom is 0.164 e. The van der Waals surface area contributed by atoms with Crippen LogP contribution < -0.4 is 0 Å². The van der Waals surface area contributed by atoms with Crippen molar-refractivity contribution in [1.29, 1.82) is 0 Å². The number of hydrogen-bond donors (Lipinski definition) is 1. The van der Waals surface area contributed by atoms with Gasteiger partial charge in [-0.1, -0.05) is 50.0 Å². The minimum Gasteiger partial charge on any atom is -0.389 e. The van der Waals surface area contributed by atoms with Gasteiger partial charge in [-0.05, 0) is 63.0 Å². The molecule has 6 fully saturated rings. The summed E-state index contributed by atoms with van der Waals surface area (Å²) in [5.41, 5.74) is -0.809. The summed E-state index contributed by atoms with van der Waals surface area (Å²) in [6, 6.07) is 11.4. The third-order valence-electron chi connectivity index (χ3n) is 10.6. The van der Waals surface area contributed by atoms with E-state index in [4.69, 9.17) is 33.2 Å². The van der Waals surface area contributed by atoms with Crippen LogP contribution in [0.3, 0.4) is 0 Å². The molecule has 1 unspecified atom stereocenters. The van der Waals surface area contributed by atoms with Crippen molar-refractivity contribution in [2.24, 2.45) is 29.1 Å². The van der Waals surface area contributed by atoms with Crippen LogP contribution in [0.15, 0.2) is 30.3 Å². The third-order valence-corrected chi connectivity index (χ3v) is 12.3. The van der Waals surface area contributed by atoms with Gasteiger partial charge in [0.05, 0.1) is 38.1 Å². The Labute approximate surface area is 252 Å². The molecule has 9 heteroatoms. The van der Waals surface area contributed by atoms with Gasteiger partial charge in [-0.15, -0.1) is 0 Å². The lowest BCUT2D eigenvalue weighted by molar-refractivity contribution is -0.260. The highest BCUT2D eigenvalue weighted by Gasteiger charge is 2.85. The van der Waals surface area contributed by atoms with Crippen molar-refractivity contribution in [2.45, 2.75) is 102 Å². The number of rotatable bonds is 13. The molecule has 1 N–H and O–H groups in total. The van der Waals surface area contributed by atoms with Gasteiger partial charge >= 0.3 is 0 Å². The largest absolute Gasteiger partial charge is 0.389 e. The molecule has 2 saturated heterocycles. The van der Waals surface area contributed by atoms with E-state index < -0.39 is 25.1 Å². The molecule has 4 aliphatic carbocycles. The molecule has 0 aromatic heterocycles. The van der Waals surface area contributed by atoms with Crippen molar-refractivity contribution in [1.82, 2.24) is 0 Å². The zero-order chi connectivity index (χ0) is 29.8. The first-order valence-corrected chi connectivity index (χ1v) is 19.7. The van der Waals surface area contributed by atoms with Crippen LogP contribution in [0.5, 0.6) is 0 Å². The standard InChI is InChI=1S/C33H52O8Si/c1-7-38-27-16-31(21-39-27)20-32(34)15-24-25(18-37-22-35-13-14-42(4,5)6)26(19-36-17-23-11-9-8-10-12-23)28(32)33(31)29(24)40-30(2,3)41-33/h8-12,24-29,34H,7,13-22H2,1-6H3/t24-,25+,26-,27?,28-,29+,31-,32+,33-/m0/s1. The highest BCUT2D eigenvalue weighted by molar-refractivity contribution is 6.76. The molecular weight excluding hydrogens is 552 g/mol. The molecule has 1 aromatic carbocycles. The number of aliphatic hydroxyl groups is 1. The fourth-order valence-corrected chi connectivity index (χ4v) is 10.0. The average molecular weight is 605 g/mol. The SMILES string of the molecule is CCOC1C[C@@]2(CO1)C[C@]1(O)C[C@H]3[C@@H](COCOCC[Si](C)(C)C)[C@H](COCc4ccccc4)[C@@H]1[C@@]21OC(C)(C)O[C@H]31. The van der Waals surface area contributed by atoms with E-state index in [-0.39, 0.29) is 48.3 Å². The zero-order valence-corrected chi connectivity index (χ0v) is 27.4. The van der Waals surface area contributed by atoms with E-state index in [0.717, 1.165) is 18.2 Å². The molecule has 6 aliphatic rings. The smallest absolute Gasteiger partial charge is 0.164 e. The molecule has 2 aliphatic heterocycles. The van der Waals surface area contributed by atoms with Gasteiger partial charge in [0.25, 0.3) is 0 Å². The van der Waals surface area contributed by atoms with Gasteiger partial charge in [-0.3, -0.25) is 0 Å². The Morgan fingerprint density at radius 3 is 2.50 bits per heavy atom. The molecule has 0 amide bonds. The number of benzene rings is 1. The summed E-state index contributed by atoms with van der Waals surface area (Å²) in [6.45, 7) is 16.8. The molecule has 42 heavy (non-hydrogen) atoms. The van der Waals surface area contributed by atoms with Crippen LogP contribution in [0.4, 0.5) is 0 Å². The molecule has 236 valence electrons. The topological polar surface area (TPSA) is 84.8 Å². The van der Waals surface area contributed by atoms with Crippen molar-refractivity contribution in [3.8, 4) is 0 Å². The highest BCUT2D eigenvalue weighted by atomic mass is 28.3. The first kappa shape index (κ1) is 31.1. The molecule has 7 rings (SSSR count). The van der Waals surface area contributed by atoms with E-state index in [9.17, 15) is 5.11 Å². The summed E-state index contributed by atoms with van der Waals surface area (Å²) in [6.07, 6.45) is 1.55. The lowest BCUT2D eigenvalue weighted by atomic mass is 9.47. The van der Waals surface area contributed by atoms with E-state index in [2.05, 4.69) is 31.8 Å². The van der Waals surface area contributed by atoms with E-state index in [1.165, 1.54) is 0 Å². The van der Waals surface area contributed by atoms with E-state index >= 15 is 0 Å². The molecule has 1 aromatic rings. The summed E-state index contributed by atoms with van der Waals surface area (Å²) in [4.78, 5) is 0. The predicted molar refractivity (Wildman–Crippen MR) is 160 cm³/mol. The summed E-state index contributed by atoms with van der Waals surface area (Å²) in [5.74, 6) is -0.665. The normalized spacial score (nSPS) is 41.6. The average Bonchev–Trinajstić information content (AvgIpc) is 3.50. The molecule has 2 heterocycles. The van der Waals surface area contributed by atoms with Crippen LogP contribution in [0.1, 0.15) is 45.6 Å². The van der Waals surface area contributed by atoms with Crippen molar-refractivity contribution in [3.05, 3.63) is 35.9 Å². The third kappa shape index (κ3) is 5.45. The number of fused-ring (bicyclic) bond motifs is 1. The second-order valence-electron chi connectivity index (χ2n) is 15.2. The zero-order valence-electron chi connectivity index (χ0n) is 26.4. The molecule has 0 radical (unpaired) electrons. The molecule has 4 saturated carbocycles. The first-order valence-electron chi connectivity index (χ1n) is 16.0. The highest BCUT2D eigenvalue weighted by Crippen LogP contribution is 2.76. The van der Waals surface area contributed by atoms with Crippen molar-refractivity contribution in [3.63, 3.8) is 0 Å². The van der Waals surface area contributed by atoms with Crippen LogP contribution in [0, 0.1) is 29.1 Å². The van der Waals surface area contributed by atoms with Crippen molar-refractivity contribution >= 4 is 8.07 Å². The Hall–Kier alpha value is -0.883. The number of ether oxygens (including phenoxy) is 7. The molecule has 4 bridgehead atoms. The van der Waals surface area contributed by atoms with Crippen LogP contribution in [0.25, 0.3) is 0 Å². The quantitative estimate of drug-likeness (QED) is 0.187. The van der Waals surface area contributed by atoms with Gasteiger partial charge in [0.2, 0.25) is 0 Å². The Kier molecular flexibility index (Phi) is 8.51. The minimum atomic E-state index is -1.16.